The third-order valence-corrected chi connectivity index (χ3v) is 5.17. The van der Waals surface area contributed by atoms with Gasteiger partial charge in [0, 0.05) is 0 Å². The number of rotatable bonds is 11. The van der Waals surface area contributed by atoms with Crippen LogP contribution in [-0.4, -0.2) is 35.9 Å². The van der Waals surface area contributed by atoms with Crippen molar-refractivity contribution in [2.45, 2.75) is 76.7 Å². The maximum Gasteiger partial charge on any atom is 0.314 e. The van der Waals surface area contributed by atoms with E-state index in [1.54, 1.807) is 0 Å². The first-order valence-electron chi connectivity index (χ1n) is 9.15. The summed E-state index contributed by atoms with van der Waals surface area (Å²) in [6.07, 6.45) is 11.6. The number of aliphatic hydroxyl groups excluding tert-OH is 1. The Kier molecular flexibility index (Phi) is 6.88. The summed E-state index contributed by atoms with van der Waals surface area (Å²) in [5, 5.41) is 9.50. The van der Waals surface area contributed by atoms with Crippen LogP contribution in [0, 0.1) is 11.8 Å². The molecule has 0 aromatic heterocycles. The van der Waals surface area contributed by atoms with Gasteiger partial charge in [0.2, 0.25) is 0 Å². The molecule has 0 radical (unpaired) electrons. The number of esters is 2. The quantitative estimate of drug-likeness (QED) is 0.467. The highest BCUT2D eigenvalue weighted by Crippen LogP contribution is 2.44. The summed E-state index contributed by atoms with van der Waals surface area (Å²) in [6.45, 7) is 1.87. The average Bonchev–Trinajstić information content (AvgIpc) is 3.01. The summed E-state index contributed by atoms with van der Waals surface area (Å²) in [5.41, 5.74) is -1.11. The Labute approximate surface area is 138 Å². The van der Waals surface area contributed by atoms with Gasteiger partial charge < -0.3 is 14.6 Å². The third-order valence-electron chi connectivity index (χ3n) is 5.17. The molecule has 5 heteroatoms. The first-order valence-corrected chi connectivity index (χ1v) is 9.15. The lowest BCUT2D eigenvalue weighted by molar-refractivity contribution is -0.157. The van der Waals surface area contributed by atoms with Crippen molar-refractivity contribution in [3.8, 4) is 0 Å². The topological polar surface area (TPSA) is 72.8 Å². The molecule has 0 saturated carbocycles. The van der Waals surface area contributed by atoms with Gasteiger partial charge in [0.1, 0.15) is 12.5 Å². The van der Waals surface area contributed by atoms with Crippen molar-refractivity contribution in [3.63, 3.8) is 0 Å². The zero-order valence-corrected chi connectivity index (χ0v) is 14.2. The van der Waals surface area contributed by atoms with E-state index in [2.05, 4.69) is 6.92 Å². The Morgan fingerprint density at radius 1 is 1.00 bits per heavy atom. The van der Waals surface area contributed by atoms with Crippen LogP contribution in [0.3, 0.4) is 0 Å². The van der Waals surface area contributed by atoms with Crippen LogP contribution in [-0.2, 0) is 19.1 Å². The van der Waals surface area contributed by atoms with Gasteiger partial charge in [-0.05, 0) is 6.42 Å². The maximum atomic E-state index is 12.0. The van der Waals surface area contributed by atoms with Gasteiger partial charge in [-0.25, -0.2) is 0 Å². The monoisotopic (exact) mass is 326 g/mol. The van der Waals surface area contributed by atoms with Crippen LogP contribution in [0.2, 0.25) is 0 Å². The molecule has 3 atom stereocenters. The van der Waals surface area contributed by atoms with E-state index in [1.807, 2.05) is 0 Å². The van der Waals surface area contributed by atoms with Crippen molar-refractivity contribution in [2.75, 3.05) is 13.2 Å². The second-order valence-electron chi connectivity index (χ2n) is 6.95. The highest BCUT2D eigenvalue weighted by molar-refractivity contribution is 5.88. The van der Waals surface area contributed by atoms with E-state index in [1.165, 1.54) is 44.9 Å². The molecule has 2 rings (SSSR count). The Hall–Kier alpha value is -1.10. The number of fused-ring (bicyclic) bond motifs is 1. The van der Waals surface area contributed by atoms with Gasteiger partial charge >= 0.3 is 11.9 Å². The number of hydrogen-bond donors (Lipinski definition) is 1. The fourth-order valence-electron chi connectivity index (χ4n) is 3.76. The molecule has 0 amide bonds. The maximum absolute atomic E-state index is 12.0. The van der Waals surface area contributed by atoms with E-state index in [4.69, 9.17) is 9.47 Å². The molecule has 0 aliphatic carbocycles. The minimum absolute atomic E-state index is 0.00694. The van der Waals surface area contributed by atoms with E-state index in [0.29, 0.717) is 6.42 Å². The molecule has 1 N–H and O–H groups in total. The first-order chi connectivity index (χ1) is 11.1. The fraction of sp³-hybridized carbons (Fsp3) is 0.889. The molecule has 2 aliphatic heterocycles. The molecule has 0 unspecified atom stereocenters. The summed E-state index contributed by atoms with van der Waals surface area (Å²) in [5.74, 6) is -1.80. The smallest absolute Gasteiger partial charge is 0.314 e. The van der Waals surface area contributed by atoms with Gasteiger partial charge in [-0.2, -0.15) is 0 Å². The molecule has 0 aromatic rings. The lowest BCUT2D eigenvalue weighted by atomic mass is 9.81. The van der Waals surface area contributed by atoms with Crippen molar-refractivity contribution >= 4 is 11.9 Å². The fourth-order valence-corrected chi connectivity index (χ4v) is 3.76. The van der Waals surface area contributed by atoms with Gasteiger partial charge in [0.15, 0.2) is 5.60 Å². The lowest BCUT2D eigenvalue weighted by Gasteiger charge is -2.20. The van der Waals surface area contributed by atoms with Crippen molar-refractivity contribution in [1.82, 2.24) is 0 Å². The van der Waals surface area contributed by atoms with E-state index < -0.39 is 23.4 Å². The van der Waals surface area contributed by atoms with E-state index >= 15 is 0 Å². The molecule has 2 aliphatic rings. The van der Waals surface area contributed by atoms with Crippen LogP contribution in [0.1, 0.15) is 71.1 Å². The lowest BCUT2D eigenvalue weighted by Crippen LogP contribution is -2.41. The summed E-state index contributed by atoms with van der Waals surface area (Å²) >= 11 is 0. The summed E-state index contributed by atoms with van der Waals surface area (Å²) in [7, 11) is 0. The molecule has 5 nitrogen and oxygen atoms in total. The molecule has 23 heavy (non-hydrogen) atoms. The van der Waals surface area contributed by atoms with Crippen LogP contribution < -0.4 is 0 Å². The third kappa shape index (κ3) is 4.25. The Bertz CT molecular complexity index is 408. The van der Waals surface area contributed by atoms with Crippen LogP contribution in [0.15, 0.2) is 0 Å². The molecule has 2 saturated heterocycles. The second-order valence-corrected chi connectivity index (χ2v) is 6.95. The summed E-state index contributed by atoms with van der Waals surface area (Å²) in [6, 6.07) is 0. The van der Waals surface area contributed by atoms with Gasteiger partial charge in [-0.1, -0.05) is 64.7 Å². The van der Waals surface area contributed by atoms with Gasteiger partial charge in [0.25, 0.3) is 0 Å². The van der Waals surface area contributed by atoms with E-state index in [-0.39, 0.29) is 19.2 Å². The van der Waals surface area contributed by atoms with Gasteiger partial charge in [-0.3, -0.25) is 9.59 Å². The van der Waals surface area contributed by atoms with E-state index in [0.717, 1.165) is 12.8 Å². The summed E-state index contributed by atoms with van der Waals surface area (Å²) < 4.78 is 10.3. The second kappa shape index (κ2) is 8.67. The Morgan fingerprint density at radius 3 is 2.22 bits per heavy atom. The molecule has 132 valence electrons. The SMILES string of the molecule is CCCCCCCCCCC[C@@H]1C(=O)O[C@]2(CO)COC(=O)[C@H]12. The first kappa shape index (κ1) is 18.2. The van der Waals surface area contributed by atoms with Gasteiger partial charge in [0.05, 0.1) is 12.5 Å². The predicted molar refractivity (Wildman–Crippen MR) is 85.7 cm³/mol. The Balaban J connectivity index is 1.66. The highest BCUT2D eigenvalue weighted by atomic mass is 16.6. The molecular weight excluding hydrogens is 296 g/mol. The standard InChI is InChI=1S/C18H30O5/c1-2-3-4-5-6-7-8-9-10-11-14-15-17(21)22-13-18(15,12-19)23-16(14)20/h14-15,19H,2-13H2,1H3/t14-,15-,18+/m0/s1. The molecule has 0 bridgehead atoms. The normalized spacial score (nSPS) is 29.5. The van der Waals surface area contributed by atoms with Crippen molar-refractivity contribution in [2.24, 2.45) is 11.8 Å². The number of carbonyl (C=O) groups is 2. The van der Waals surface area contributed by atoms with Crippen LogP contribution in [0.5, 0.6) is 0 Å². The largest absolute Gasteiger partial charge is 0.461 e. The van der Waals surface area contributed by atoms with Crippen LogP contribution in [0.25, 0.3) is 0 Å². The number of carbonyl (C=O) groups excluding carboxylic acids is 2. The number of cyclic esters (lactones) is 1. The zero-order valence-electron chi connectivity index (χ0n) is 14.2. The minimum Gasteiger partial charge on any atom is -0.461 e. The molecule has 0 aromatic carbocycles. The molecule has 0 spiro atoms. The number of hydrogen-bond acceptors (Lipinski definition) is 5. The zero-order chi connectivity index (χ0) is 16.7. The number of aliphatic hydroxyl groups is 1. The van der Waals surface area contributed by atoms with Gasteiger partial charge in [-0.15, -0.1) is 0 Å². The van der Waals surface area contributed by atoms with Crippen molar-refractivity contribution in [3.05, 3.63) is 0 Å². The number of ether oxygens (including phenoxy) is 2. The van der Waals surface area contributed by atoms with Crippen LogP contribution >= 0.6 is 0 Å². The Morgan fingerprint density at radius 2 is 1.61 bits per heavy atom. The minimum atomic E-state index is -1.11. The molecular formula is C18H30O5. The van der Waals surface area contributed by atoms with E-state index in [9.17, 15) is 14.7 Å². The molecule has 2 heterocycles. The van der Waals surface area contributed by atoms with Crippen molar-refractivity contribution < 1.29 is 24.2 Å². The molecule has 2 fully saturated rings. The van der Waals surface area contributed by atoms with Crippen molar-refractivity contribution in [1.29, 1.82) is 0 Å². The number of unbranched alkanes of at least 4 members (excludes halogenated alkanes) is 8. The predicted octanol–water partition coefficient (Wildman–Crippen LogP) is 2.98. The highest BCUT2D eigenvalue weighted by Gasteiger charge is 2.63. The summed E-state index contributed by atoms with van der Waals surface area (Å²) in [4.78, 5) is 23.9. The van der Waals surface area contributed by atoms with Crippen LogP contribution in [0.4, 0.5) is 0 Å². The average molecular weight is 326 g/mol.